The van der Waals surface area contributed by atoms with Crippen LogP contribution in [0.3, 0.4) is 0 Å². The van der Waals surface area contributed by atoms with Crippen LogP contribution in [0.4, 0.5) is 0 Å². The van der Waals surface area contributed by atoms with Gasteiger partial charge in [-0.05, 0) is 42.0 Å². The minimum atomic E-state index is 0.193. The molecule has 0 saturated carbocycles. The number of nitrogens with two attached hydrogens (primary N) is 1. The lowest BCUT2D eigenvalue weighted by Gasteiger charge is -2.20. The van der Waals surface area contributed by atoms with E-state index in [4.69, 9.17) is 23.7 Å². The van der Waals surface area contributed by atoms with Crippen molar-refractivity contribution in [1.82, 2.24) is 0 Å². The van der Waals surface area contributed by atoms with E-state index in [2.05, 4.69) is 41.7 Å². The zero-order valence-corrected chi connectivity index (χ0v) is 17.5. The van der Waals surface area contributed by atoms with Crippen LogP contribution in [0.25, 0.3) is 0 Å². The maximum absolute atomic E-state index is 5.67. The maximum Gasteiger partial charge on any atom is 0.231 e. The first-order valence-corrected chi connectivity index (χ1v) is 10.5. The number of benzene rings is 3. The average molecular weight is 420 g/mol. The molecular formula is C25H26NO5+. The Hall–Kier alpha value is -3.38. The minimum Gasteiger partial charge on any atom is -0.496 e. The van der Waals surface area contributed by atoms with Gasteiger partial charge in [0.25, 0.3) is 0 Å². The van der Waals surface area contributed by atoms with Gasteiger partial charge in [0.1, 0.15) is 12.3 Å². The molecule has 0 bridgehead atoms. The van der Waals surface area contributed by atoms with Gasteiger partial charge in [0, 0.05) is 23.5 Å². The van der Waals surface area contributed by atoms with Gasteiger partial charge >= 0.3 is 0 Å². The van der Waals surface area contributed by atoms with Gasteiger partial charge in [0.15, 0.2) is 23.0 Å². The van der Waals surface area contributed by atoms with Gasteiger partial charge in [-0.2, -0.15) is 0 Å². The van der Waals surface area contributed by atoms with E-state index in [0.29, 0.717) is 6.79 Å². The third kappa shape index (κ3) is 4.11. The Morgan fingerprint density at radius 3 is 2.35 bits per heavy atom. The van der Waals surface area contributed by atoms with Crippen LogP contribution in [0.15, 0.2) is 60.7 Å². The van der Waals surface area contributed by atoms with Crippen molar-refractivity contribution in [3.8, 4) is 28.7 Å². The van der Waals surface area contributed by atoms with Crippen LogP contribution < -0.4 is 29.0 Å². The van der Waals surface area contributed by atoms with Crippen molar-refractivity contribution in [2.45, 2.75) is 18.9 Å². The second-order valence-electron chi connectivity index (χ2n) is 7.66. The van der Waals surface area contributed by atoms with Crippen LogP contribution in [0.2, 0.25) is 0 Å². The van der Waals surface area contributed by atoms with Gasteiger partial charge in [-0.25, -0.2) is 0 Å². The first kappa shape index (κ1) is 19.6. The highest BCUT2D eigenvalue weighted by molar-refractivity contribution is 5.49. The molecule has 0 amide bonds. The summed E-state index contributed by atoms with van der Waals surface area (Å²) in [5, 5.41) is 2.33. The topological polar surface area (TPSA) is 62.8 Å². The van der Waals surface area contributed by atoms with Crippen molar-refractivity contribution in [3.63, 3.8) is 0 Å². The Kier molecular flexibility index (Phi) is 5.54. The number of hydrogen-bond donors (Lipinski definition) is 1. The quantitative estimate of drug-likeness (QED) is 0.566. The predicted molar refractivity (Wildman–Crippen MR) is 115 cm³/mol. The van der Waals surface area contributed by atoms with Crippen LogP contribution in [0, 0.1) is 0 Å². The summed E-state index contributed by atoms with van der Waals surface area (Å²) < 4.78 is 27.7. The highest BCUT2D eigenvalue weighted by Gasteiger charge is 2.22. The molecule has 160 valence electrons. The molecule has 31 heavy (non-hydrogen) atoms. The van der Waals surface area contributed by atoms with E-state index >= 15 is 0 Å². The summed E-state index contributed by atoms with van der Waals surface area (Å²) in [6.45, 7) is 2.43. The molecule has 0 aromatic heterocycles. The van der Waals surface area contributed by atoms with Crippen molar-refractivity contribution >= 4 is 0 Å². The van der Waals surface area contributed by atoms with Crippen LogP contribution in [-0.4, -0.2) is 27.2 Å². The average Bonchev–Trinajstić information content (AvgIpc) is 3.47. The Bertz CT molecular complexity index is 1070. The van der Waals surface area contributed by atoms with E-state index in [1.165, 1.54) is 16.7 Å². The highest BCUT2D eigenvalue weighted by Crippen LogP contribution is 2.39. The zero-order chi connectivity index (χ0) is 21.0. The minimum absolute atomic E-state index is 0.193. The second kappa shape index (κ2) is 8.78. The van der Waals surface area contributed by atoms with Gasteiger partial charge in [0.05, 0.1) is 13.7 Å². The molecule has 5 rings (SSSR count). The third-order valence-corrected chi connectivity index (χ3v) is 5.79. The molecule has 2 N–H and O–H groups in total. The predicted octanol–water partition coefficient (Wildman–Crippen LogP) is 3.44. The number of rotatable bonds is 8. The molecule has 6 nitrogen and oxygen atoms in total. The fourth-order valence-electron chi connectivity index (χ4n) is 4.21. The molecular weight excluding hydrogens is 394 g/mol. The first-order chi connectivity index (χ1) is 15.3. The van der Waals surface area contributed by atoms with Gasteiger partial charge in [-0.3, -0.25) is 0 Å². The Balaban J connectivity index is 1.31. The van der Waals surface area contributed by atoms with Gasteiger partial charge in [0.2, 0.25) is 13.6 Å². The molecule has 1 atom stereocenters. The number of fused-ring (bicyclic) bond motifs is 2. The Morgan fingerprint density at radius 1 is 0.839 bits per heavy atom. The number of hydrogen-bond acceptors (Lipinski definition) is 5. The summed E-state index contributed by atoms with van der Waals surface area (Å²) in [6.07, 6.45) is 0.963. The van der Waals surface area contributed by atoms with Crippen molar-refractivity contribution in [2.75, 3.05) is 27.2 Å². The summed E-state index contributed by atoms with van der Waals surface area (Å²) >= 11 is 0. The summed E-state index contributed by atoms with van der Waals surface area (Å²) in [6, 6.07) is 20.6. The number of para-hydroxylation sites is 1. The largest absolute Gasteiger partial charge is 0.496 e. The molecule has 3 aromatic rings. The van der Waals surface area contributed by atoms with E-state index in [9.17, 15) is 0 Å². The number of ether oxygens (including phenoxy) is 5. The van der Waals surface area contributed by atoms with Crippen LogP contribution in [-0.2, 0) is 6.54 Å². The van der Waals surface area contributed by atoms with E-state index in [1.54, 1.807) is 7.11 Å². The molecule has 0 fully saturated rings. The fourth-order valence-corrected chi connectivity index (χ4v) is 4.21. The smallest absolute Gasteiger partial charge is 0.231 e. The van der Waals surface area contributed by atoms with Crippen LogP contribution in [0.5, 0.6) is 28.7 Å². The summed E-state index contributed by atoms with van der Waals surface area (Å²) in [5.74, 6) is 4.36. The molecule has 2 aliphatic rings. The zero-order valence-electron chi connectivity index (χ0n) is 17.5. The van der Waals surface area contributed by atoms with Gasteiger partial charge < -0.3 is 29.0 Å². The van der Waals surface area contributed by atoms with Crippen LogP contribution >= 0.6 is 0 Å². The maximum atomic E-state index is 5.67. The monoisotopic (exact) mass is 420 g/mol. The molecule has 6 heteroatoms. The molecule has 2 heterocycles. The lowest BCUT2D eigenvalue weighted by atomic mass is 9.87. The Labute approximate surface area is 181 Å². The summed E-state index contributed by atoms with van der Waals surface area (Å²) in [7, 11) is 1.72. The fraction of sp³-hybridized carbons (Fsp3) is 0.280. The molecule has 0 unspecified atom stereocenters. The third-order valence-electron chi connectivity index (χ3n) is 5.79. The molecule has 3 aromatic carbocycles. The van der Waals surface area contributed by atoms with Crippen molar-refractivity contribution < 1.29 is 29.0 Å². The summed E-state index contributed by atoms with van der Waals surface area (Å²) in [4.78, 5) is 0. The second-order valence-corrected chi connectivity index (χ2v) is 7.66. The van der Waals surface area contributed by atoms with Crippen molar-refractivity contribution in [3.05, 3.63) is 77.4 Å². The molecule has 0 radical (unpaired) electrons. The molecule has 0 saturated heterocycles. The SMILES string of the molecule is COc1ccccc1[C@H](CC[NH2+]Cc1ccc2c(c1)OCO2)c1ccc2c(c1)OCO2. The van der Waals surface area contributed by atoms with Gasteiger partial charge in [-0.15, -0.1) is 0 Å². The van der Waals surface area contributed by atoms with E-state index in [0.717, 1.165) is 48.3 Å². The standard InChI is InChI=1S/C25H25NO5/c1-27-21-5-3-2-4-20(21)19(18-7-9-23-25(13-18)31-16-29-23)10-11-26-14-17-6-8-22-24(12-17)30-15-28-22/h2-9,12-13,19,26H,10-11,14-16H2,1H3/p+1/t19-/m1/s1. The lowest BCUT2D eigenvalue weighted by Crippen LogP contribution is -2.82. The van der Waals surface area contributed by atoms with E-state index < -0.39 is 0 Å². The highest BCUT2D eigenvalue weighted by atomic mass is 16.7. The molecule has 0 aliphatic carbocycles. The van der Waals surface area contributed by atoms with E-state index in [1.807, 2.05) is 24.3 Å². The number of quaternary nitrogens is 1. The van der Waals surface area contributed by atoms with E-state index in [-0.39, 0.29) is 12.7 Å². The van der Waals surface area contributed by atoms with Crippen molar-refractivity contribution in [1.29, 1.82) is 0 Å². The first-order valence-electron chi connectivity index (χ1n) is 10.5. The van der Waals surface area contributed by atoms with Crippen molar-refractivity contribution in [2.24, 2.45) is 0 Å². The Morgan fingerprint density at radius 2 is 1.55 bits per heavy atom. The van der Waals surface area contributed by atoms with Gasteiger partial charge in [-0.1, -0.05) is 24.3 Å². The molecule has 0 spiro atoms. The summed E-state index contributed by atoms with van der Waals surface area (Å²) in [5.41, 5.74) is 3.60. The lowest BCUT2D eigenvalue weighted by molar-refractivity contribution is -0.671. The molecule has 2 aliphatic heterocycles. The number of methoxy groups -OCH3 is 1. The normalized spacial score (nSPS) is 14.5. The van der Waals surface area contributed by atoms with Crippen LogP contribution in [0.1, 0.15) is 29.0 Å².